The normalized spacial score (nSPS) is 14.4. The topological polar surface area (TPSA) is 57.9 Å². The van der Waals surface area contributed by atoms with E-state index >= 15 is 0 Å². The van der Waals surface area contributed by atoms with Crippen molar-refractivity contribution in [2.45, 2.75) is 6.18 Å². The monoisotopic (exact) mass is 380 g/mol. The highest BCUT2D eigenvalue weighted by atomic mass is 19.4. The average molecular weight is 380 g/mol. The van der Waals surface area contributed by atoms with Crippen molar-refractivity contribution in [1.82, 2.24) is 4.90 Å². The van der Waals surface area contributed by atoms with Crippen molar-refractivity contribution in [2.24, 2.45) is 0 Å². The molecular weight excluding hydrogens is 361 g/mol. The van der Waals surface area contributed by atoms with Gasteiger partial charge in [0, 0.05) is 32.5 Å². The van der Waals surface area contributed by atoms with Crippen LogP contribution < -0.4 is 5.32 Å². The summed E-state index contributed by atoms with van der Waals surface area (Å²) in [5, 5.41) is 13.6. The number of ether oxygens (including phenoxy) is 1. The standard InChI is InChI=1S/C19H19F3N2O3/c1-24-8-4-6-13(10-24)17-16(25)15(18(27-17)23-11-26-2)12-5-3-7-14(9-12)19(20,21)22/h3-7,9-10,23,25H,8,11H2,1-2H3. The number of hydrogen-bond acceptors (Lipinski definition) is 5. The van der Waals surface area contributed by atoms with E-state index in [9.17, 15) is 18.3 Å². The molecule has 0 saturated carbocycles. The predicted molar refractivity (Wildman–Crippen MR) is 96.1 cm³/mol. The van der Waals surface area contributed by atoms with Crippen LogP contribution in [-0.4, -0.2) is 37.4 Å². The van der Waals surface area contributed by atoms with Gasteiger partial charge in [0.1, 0.15) is 6.73 Å². The van der Waals surface area contributed by atoms with E-state index in [1.807, 2.05) is 18.0 Å². The lowest BCUT2D eigenvalue weighted by molar-refractivity contribution is -0.137. The zero-order valence-corrected chi connectivity index (χ0v) is 14.8. The maximum Gasteiger partial charge on any atom is 0.416 e. The first-order chi connectivity index (χ1) is 12.8. The largest absolute Gasteiger partial charge is 0.504 e. The number of benzene rings is 1. The van der Waals surface area contributed by atoms with E-state index in [2.05, 4.69) is 5.32 Å². The molecule has 1 aliphatic heterocycles. The Morgan fingerprint density at radius 3 is 2.78 bits per heavy atom. The van der Waals surface area contributed by atoms with Gasteiger partial charge in [0.25, 0.3) is 0 Å². The summed E-state index contributed by atoms with van der Waals surface area (Å²) >= 11 is 0. The van der Waals surface area contributed by atoms with Crippen molar-refractivity contribution in [3.63, 3.8) is 0 Å². The van der Waals surface area contributed by atoms with Gasteiger partial charge in [-0.2, -0.15) is 13.2 Å². The van der Waals surface area contributed by atoms with Gasteiger partial charge >= 0.3 is 6.18 Å². The third-order valence-corrected chi connectivity index (χ3v) is 4.05. The molecule has 0 amide bonds. The summed E-state index contributed by atoms with van der Waals surface area (Å²) in [4.78, 5) is 1.89. The lowest BCUT2D eigenvalue weighted by atomic mass is 10.0. The number of likely N-dealkylation sites (N-methyl/N-ethyl adjacent to an activating group) is 1. The fraction of sp³-hybridized carbons (Fsp3) is 0.263. The molecule has 0 spiro atoms. The first-order valence-electron chi connectivity index (χ1n) is 8.16. The molecule has 1 aromatic heterocycles. The molecule has 0 fully saturated rings. The highest BCUT2D eigenvalue weighted by molar-refractivity contribution is 5.88. The number of hydrogen-bond donors (Lipinski definition) is 2. The SMILES string of the molecule is COCNc1oc(C2=CN(C)CC=C2)c(O)c1-c1cccc(C(F)(F)F)c1. The number of furan rings is 1. The van der Waals surface area contributed by atoms with Gasteiger partial charge < -0.3 is 24.5 Å². The van der Waals surface area contributed by atoms with Gasteiger partial charge in [0.15, 0.2) is 11.5 Å². The molecule has 0 aliphatic carbocycles. The number of halogens is 3. The molecule has 5 nitrogen and oxygen atoms in total. The molecule has 1 aliphatic rings. The van der Waals surface area contributed by atoms with Crippen molar-refractivity contribution >= 4 is 11.5 Å². The second kappa shape index (κ2) is 7.40. The first-order valence-corrected chi connectivity index (χ1v) is 8.16. The Bertz CT molecular complexity index is 885. The summed E-state index contributed by atoms with van der Waals surface area (Å²) in [7, 11) is 3.32. The number of methoxy groups -OCH3 is 1. The van der Waals surface area contributed by atoms with Gasteiger partial charge in [0.2, 0.25) is 5.88 Å². The summed E-state index contributed by atoms with van der Waals surface area (Å²) < 4.78 is 49.9. The van der Waals surface area contributed by atoms with Crippen molar-refractivity contribution in [3.05, 3.63) is 53.9 Å². The van der Waals surface area contributed by atoms with Crippen LogP contribution in [0.25, 0.3) is 16.7 Å². The lowest BCUT2D eigenvalue weighted by Crippen LogP contribution is -2.13. The predicted octanol–water partition coefficient (Wildman–Crippen LogP) is 4.53. The zero-order chi connectivity index (χ0) is 19.6. The van der Waals surface area contributed by atoms with E-state index in [0.29, 0.717) is 12.1 Å². The second-order valence-electron chi connectivity index (χ2n) is 6.10. The number of rotatable bonds is 5. The van der Waals surface area contributed by atoms with Crippen LogP contribution in [0.3, 0.4) is 0 Å². The van der Waals surface area contributed by atoms with E-state index in [1.54, 1.807) is 12.3 Å². The number of allylic oxidation sites excluding steroid dienone is 2. The maximum absolute atomic E-state index is 13.1. The van der Waals surface area contributed by atoms with E-state index in [0.717, 1.165) is 12.1 Å². The highest BCUT2D eigenvalue weighted by Gasteiger charge is 2.32. The minimum absolute atomic E-state index is 0.0626. The Kier molecular flexibility index (Phi) is 5.18. The molecule has 2 N–H and O–H groups in total. The number of alkyl halides is 3. The van der Waals surface area contributed by atoms with Crippen LogP contribution in [-0.2, 0) is 10.9 Å². The minimum Gasteiger partial charge on any atom is -0.504 e. The minimum atomic E-state index is -4.49. The van der Waals surface area contributed by atoms with Crippen molar-refractivity contribution < 1.29 is 27.4 Å². The molecule has 8 heteroatoms. The molecule has 1 aromatic carbocycles. The van der Waals surface area contributed by atoms with E-state index < -0.39 is 11.7 Å². The number of aromatic hydroxyl groups is 1. The molecule has 27 heavy (non-hydrogen) atoms. The summed E-state index contributed by atoms with van der Waals surface area (Å²) in [6.07, 6.45) is 0.975. The van der Waals surface area contributed by atoms with Gasteiger partial charge in [-0.25, -0.2) is 0 Å². The van der Waals surface area contributed by atoms with Gasteiger partial charge in [-0.3, -0.25) is 0 Å². The van der Waals surface area contributed by atoms with Crippen LogP contribution in [0.2, 0.25) is 0 Å². The first kappa shape index (κ1) is 18.9. The van der Waals surface area contributed by atoms with Gasteiger partial charge in [-0.1, -0.05) is 24.3 Å². The molecule has 0 saturated heterocycles. The summed E-state index contributed by atoms with van der Waals surface area (Å²) in [6.45, 7) is 0.771. The third kappa shape index (κ3) is 3.95. The maximum atomic E-state index is 13.1. The third-order valence-electron chi connectivity index (χ3n) is 4.05. The molecular formula is C19H19F3N2O3. The number of nitrogens with one attached hydrogen (secondary N) is 1. The molecule has 0 atom stereocenters. The summed E-state index contributed by atoms with van der Waals surface area (Å²) in [5.74, 6) is 0.0640. The molecule has 2 heterocycles. The van der Waals surface area contributed by atoms with Crippen LogP contribution in [0.4, 0.5) is 19.1 Å². The van der Waals surface area contributed by atoms with Crippen LogP contribution in [0.1, 0.15) is 11.3 Å². The van der Waals surface area contributed by atoms with Crippen LogP contribution in [0.15, 0.2) is 47.0 Å². The Morgan fingerprint density at radius 2 is 2.11 bits per heavy atom. The lowest BCUT2D eigenvalue weighted by Gasteiger charge is -2.16. The van der Waals surface area contributed by atoms with Crippen molar-refractivity contribution in [2.75, 3.05) is 32.7 Å². The molecule has 0 bridgehead atoms. The number of anilines is 1. The zero-order valence-electron chi connectivity index (χ0n) is 14.8. The smallest absolute Gasteiger partial charge is 0.416 e. The Balaban J connectivity index is 2.12. The number of nitrogens with zero attached hydrogens (tertiary/aromatic N) is 1. The molecule has 3 rings (SSSR count). The summed E-state index contributed by atoms with van der Waals surface area (Å²) in [6, 6.07) is 4.73. The van der Waals surface area contributed by atoms with Crippen LogP contribution >= 0.6 is 0 Å². The van der Waals surface area contributed by atoms with E-state index in [4.69, 9.17) is 9.15 Å². The molecule has 2 aromatic rings. The van der Waals surface area contributed by atoms with Gasteiger partial charge in [-0.05, 0) is 17.7 Å². The van der Waals surface area contributed by atoms with Gasteiger partial charge in [0.05, 0.1) is 11.1 Å². The van der Waals surface area contributed by atoms with E-state index in [1.165, 1.54) is 19.2 Å². The van der Waals surface area contributed by atoms with Crippen molar-refractivity contribution in [1.29, 1.82) is 0 Å². The molecule has 0 unspecified atom stereocenters. The van der Waals surface area contributed by atoms with E-state index in [-0.39, 0.29) is 35.3 Å². The second-order valence-corrected chi connectivity index (χ2v) is 6.10. The highest BCUT2D eigenvalue weighted by Crippen LogP contribution is 2.46. The molecule has 0 radical (unpaired) electrons. The Labute approximate surface area is 154 Å². The average Bonchev–Trinajstić information content (AvgIpc) is 2.95. The van der Waals surface area contributed by atoms with Crippen LogP contribution in [0, 0.1) is 0 Å². The Morgan fingerprint density at radius 1 is 1.33 bits per heavy atom. The fourth-order valence-corrected chi connectivity index (χ4v) is 2.81. The van der Waals surface area contributed by atoms with Crippen molar-refractivity contribution in [3.8, 4) is 16.9 Å². The van der Waals surface area contributed by atoms with Gasteiger partial charge in [-0.15, -0.1) is 0 Å². The quantitative estimate of drug-likeness (QED) is 0.747. The fourth-order valence-electron chi connectivity index (χ4n) is 2.81. The van der Waals surface area contributed by atoms with Crippen LogP contribution in [0.5, 0.6) is 5.75 Å². The summed E-state index contributed by atoms with van der Waals surface area (Å²) in [5.41, 5.74) is 0.136. The molecule has 144 valence electrons. The Hall–Kier alpha value is -2.87.